The van der Waals surface area contributed by atoms with Crippen molar-refractivity contribution in [3.8, 4) is 0 Å². The fourth-order valence-corrected chi connectivity index (χ4v) is 6.02. The normalized spacial score (nSPS) is 15.7. The van der Waals surface area contributed by atoms with Gasteiger partial charge in [-0.3, -0.25) is 9.59 Å². The lowest BCUT2D eigenvalue weighted by atomic mass is 10.0. The third-order valence-electron chi connectivity index (χ3n) is 7.26. The number of halogens is 1. The van der Waals surface area contributed by atoms with Crippen LogP contribution in [-0.2, 0) is 43.7 Å². The highest BCUT2D eigenvalue weighted by molar-refractivity contribution is 7.89. The molecule has 1 saturated heterocycles. The van der Waals surface area contributed by atoms with E-state index in [2.05, 4.69) is 10.0 Å². The average molecular weight is 596 g/mol. The highest BCUT2D eigenvalue weighted by atomic mass is 32.2. The number of carbonyl (C=O) groups excluding carboxylic acids is 2. The Morgan fingerprint density at radius 2 is 1.67 bits per heavy atom. The van der Waals surface area contributed by atoms with Crippen LogP contribution in [0.5, 0.6) is 0 Å². The van der Waals surface area contributed by atoms with E-state index in [9.17, 15) is 22.4 Å². The van der Waals surface area contributed by atoms with Gasteiger partial charge >= 0.3 is 0 Å². The monoisotopic (exact) mass is 595 g/mol. The number of hydrogen-bond acceptors (Lipinski definition) is 5. The molecule has 0 bridgehead atoms. The van der Waals surface area contributed by atoms with Crippen LogP contribution in [0.1, 0.15) is 42.9 Å². The van der Waals surface area contributed by atoms with Crippen LogP contribution >= 0.6 is 0 Å². The number of aryl methyl sites for hydroxylation is 1. The van der Waals surface area contributed by atoms with Gasteiger partial charge in [-0.25, -0.2) is 17.5 Å². The molecule has 1 fully saturated rings. The van der Waals surface area contributed by atoms with Crippen molar-refractivity contribution in [3.05, 3.63) is 101 Å². The third kappa shape index (κ3) is 8.95. The molecule has 1 aliphatic heterocycles. The van der Waals surface area contributed by atoms with Gasteiger partial charge in [-0.15, -0.1) is 0 Å². The second kappa shape index (κ2) is 15.0. The molecule has 4 rings (SSSR count). The number of benzene rings is 3. The van der Waals surface area contributed by atoms with Crippen LogP contribution in [0, 0.1) is 5.82 Å². The summed E-state index contributed by atoms with van der Waals surface area (Å²) in [6.45, 7) is 3.16. The number of sulfonamides is 1. The lowest BCUT2D eigenvalue weighted by molar-refractivity contribution is -0.141. The second-order valence-corrected chi connectivity index (χ2v) is 12.1. The van der Waals surface area contributed by atoms with Crippen molar-refractivity contribution in [2.24, 2.45) is 0 Å². The molecule has 0 spiro atoms. The van der Waals surface area contributed by atoms with Gasteiger partial charge in [-0.05, 0) is 60.2 Å². The average Bonchev–Trinajstić information content (AvgIpc) is 3.52. The maximum absolute atomic E-state index is 13.8. The summed E-state index contributed by atoms with van der Waals surface area (Å²) < 4.78 is 46.4. The van der Waals surface area contributed by atoms with Gasteiger partial charge in [0, 0.05) is 39.1 Å². The zero-order valence-electron chi connectivity index (χ0n) is 23.8. The minimum atomic E-state index is -3.58. The largest absolute Gasteiger partial charge is 0.376 e. The molecule has 2 N–H and O–H groups in total. The van der Waals surface area contributed by atoms with Gasteiger partial charge in [-0.2, -0.15) is 0 Å². The van der Waals surface area contributed by atoms with E-state index in [1.54, 1.807) is 36.1 Å². The first-order valence-electron chi connectivity index (χ1n) is 14.3. The van der Waals surface area contributed by atoms with Gasteiger partial charge in [0.2, 0.25) is 21.8 Å². The number of hydrogen-bond donors (Lipinski definition) is 2. The Morgan fingerprint density at radius 3 is 2.31 bits per heavy atom. The molecule has 0 aromatic heterocycles. The Kier molecular flexibility index (Phi) is 11.2. The van der Waals surface area contributed by atoms with E-state index in [-0.39, 0.29) is 48.1 Å². The zero-order chi connectivity index (χ0) is 30.0. The van der Waals surface area contributed by atoms with Crippen LogP contribution < -0.4 is 10.0 Å². The Balaban J connectivity index is 1.55. The van der Waals surface area contributed by atoms with Gasteiger partial charge in [-0.1, -0.05) is 61.5 Å². The molecule has 0 radical (unpaired) electrons. The summed E-state index contributed by atoms with van der Waals surface area (Å²) in [7, 11) is -3.58. The van der Waals surface area contributed by atoms with Gasteiger partial charge in [0.1, 0.15) is 11.9 Å². The maximum Gasteiger partial charge on any atom is 0.243 e. The summed E-state index contributed by atoms with van der Waals surface area (Å²) in [5.74, 6) is -0.897. The van der Waals surface area contributed by atoms with Crippen molar-refractivity contribution >= 4 is 21.8 Å². The van der Waals surface area contributed by atoms with Gasteiger partial charge in [0.25, 0.3) is 0 Å². The number of rotatable bonds is 14. The van der Waals surface area contributed by atoms with E-state index in [4.69, 9.17) is 4.74 Å². The summed E-state index contributed by atoms with van der Waals surface area (Å²) in [6.07, 6.45) is 2.54. The topological polar surface area (TPSA) is 105 Å². The van der Waals surface area contributed by atoms with E-state index < -0.39 is 16.1 Å². The van der Waals surface area contributed by atoms with Crippen LogP contribution in [0.4, 0.5) is 4.39 Å². The molecule has 224 valence electrons. The first-order valence-corrected chi connectivity index (χ1v) is 15.8. The first-order chi connectivity index (χ1) is 20.2. The second-order valence-electron chi connectivity index (χ2n) is 10.4. The van der Waals surface area contributed by atoms with Crippen LogP contribution in [0.2, 0.25) is 0 Å². The molecular formula is C32H38FN3O5S. The number of nitrogens with one attached hydrogen (secondary N) is 2. The third-order valence-corrected chi connectivity index (χ3v) is 8.82. The van der Waals surface area contributed by atoms with Crippen molar-refractivity contribution in [2.75, 3.05) is 19.7 Å². The summed E-state index contributed by atoms with van der Waals surface area (Å²) in [4.78, 5) is 29.2. The van der Waals surface area contributed by atoms with Crippen LogP contribution in [-0.4, -0.2) is 57.0 Å². The van der Waals surface area contributed by atoms with Crippen LogP contribution in [0.15, 0.2) is 83.8 Å². The summed E-state index contributed by atoms with van der Waals surface area (Å²) in [5, 5.41) is 3.00. The molecule has 8 nitrogen and oxygen atoms in total. The molecule has 3 aromatic rings. The fraction of sp³-hybridized carbons (Fsp3) is 0.375. The van der Waals surface area contributed by atoms with E-state index in [0.717, 1.165) is 24.0 Å². The van der Waals surface area contributed by atoms with Crippen molar-refractivity contribution in [1.29, 1.82) is 0 Å². The predicted molar refractivity (Wildman–Crippen MR) is 158 cm³/mol. The van der Waals surface area contributed by atoms with Crippen LogP contribution in [0.25, 0.3) is 0 Å². The van der Waals surface area contributed by atoms with Crippen molar-refractivity contribution in [1.82, 2.24) is 14.9 Å². The summed E-state index contributed by atoms with van der Waals surface area (Å²) in [5.41, 5.74) is 2.40. The van der Waals surface area contributed by atoms with E-state index >= 15 is 0 Å². The lowest BCUT2D eigenvalue weighted by Gasteiger charge is -2.32. The Hall–Kier alpha value is -3.60. The Morgan fingerprint density at radius 1 is 0.976 bits per heavy atom. The quantitative estimate of drug-likeness (QED) is 0.293. The van der Waals surface area contributed by atoms with Crippen molar-refractivity contribution in [3.63, 3.8) is 0 Å². The summed E-state index contributed by atoms with van der Waals surface area (Å²) >= 11 is 0. The molecule has 1 aliphatic rings. The molecule has 0 saturated carbocycles. The number of amides is 2. The minimum absolute atomic E-state index is 0.0492. The van der Waals surface area contributed by atoms with Gasteiger partial charge in [0.05, 0.1) is 11.0 Å². The molecule has 42 heavy (non-hydrogen) atoms. The highest BCUT2D eigenvalue weighted by Gasteiger charge is 2.31. The van der Waals surface area contributed by atoms with Crippen molar-refractivity contribution in [2.45, 2.75) is 62.6 Å². The Bertz CT molecular complexity index is 1410. The van der Waals surface area contributed by atoms with Crippen molar-refractivity contribution < 1.29 is 27.1 Å². The number of ether oxygens (including phenoxy) is 1. The molecule has 0 unspecified atom stereocenters. The number of nitrogens with zero attached hydrogens (tertiary/aromatic N) is 1. The van der Waals surface area contributed by atoms with Gasteiger partial charge in [0.15, 0.2) is 0 Å². The minimum Gasteiger partial charge on any atom is -0.376 e. The maximum atomic E-state index is 13.8. The molecular weight excluding hydrogens is 557 g/mol. The number of carbonyl (C=O) groups is 2. The van der Waals surface area contributed by atoms with E-state index in [1.807, 2.05) is 30.3 Å². The van der Waals surface area contributed by atoms with Crippen LogP contribution in [0.3, 0.4) is 0 Å². The SMILES string of the molecule is CCNS(=O)(=O)c1ccc(CCC(=O)N(Cc2ccc(F)cc2)[C@H](Cc2ccccc2)C(=O)NC[C@H]2CCCO2)cc1. The molecule has 3 aromatic carbocycles. The predicted octanol–water partition coefficient (Wildman–Crippen LogP) is 3.99. The first kappa shape index (κ1) is 31.3. The lowest BCUT2D eigenvalue weighted by Crippen LogP contribution is -2.51. The zero-order valence-corrected chi connectivity index (χ0v) is 24.6. The molecule has 2 atom stereocenters. The van der Waals surface area contributed by atoms with E-state index in [1.165, 1.54) is 24.3 Å². The smallest absolute Gasteiger partial charge is 0.243 e. The summed E-state index contributed by atoms with van der Waals surface area (Å²) in [6, 6.07) is 21.0. The fourth-order valence-electron chi connectivity index (χ4n) is 4.98. The molecule has 10 heteroatoms. The molecule has 1 heterocycles. The molecule has 2 amide bonds. The highest BCUT2D eigenvalue weighted by Crippen LogP contribution is 2.19. The molecule has 0 aliphatic carbocycles. The van der Waals surface area contributed by atoms with Gasteiger partial charge < -0.3 is 15.0 Å². The standard InChI is InChI=1S/C32H38FN3O5S/c1-2-35-42(39,40)29-17-12-24(13-18-29)14-19-31(37)36(23-26-10-15-27(33)16-11-26)30(21-25-7-4-3-5-8-25)32(38)34-22-28-9-6-20-41-28/h3-5,7-8,10-13,15-18,28,30,35H,2,6,9,14,19-23H2,1H3,(H,34,38)/t28-,30-/m1/s1. The Labute approximate surface area is 247 Å². The van der Waals surface area contributed by atoms with E-state index in [0.29, 0.717) is 31.6 Å².